The first kappa shape index (κ1) is 13.9. The molecule has 1 saturated heterocycles. The molecule has 0 radical (unpaired) electrons. The van der Waals surface area contributed by atoms with Crippen molar-refractivity contribution in [3.05, 3.63) is 35.9 Å². The first-order valence-electron chi connectivity index (χ1n) is 6.12. The molecular formula is C13H15F3N2O. The van der Waals surface area contributed by atoms with Gasteiger partial charge in [0, 0.05) is 18.5 Å². The molecule has 1 aromatic rings. The van der Waals surface area contributed by atoms with Crippen LogP contribution in [0.5, 0.6) is 0 Å². The van der Waals surface area contributed by atoms with Crippen LogP contribution in [0.2, 0.25) is 0 Å². The van der Waals surface area contributed by atoms with E-state index in [0.717, 1.165) is 5.56 Å². The molecule has 1 fully saturated rings. The van der Waals surface area contributed by atoms with E-state index in [2.05, 4.69) is 10.6 Å². The molecule has 1 aliphatic heterocycles. The van der Waals surface area contributed by atoms with Crippen LogP contribution in [0.1, 0.15) is 17.9 Å². The Morgan fingerprint density at radius 3 is 2.58 bits per heavy atom. The lowest BCUT2D eigenvalue weighted by molar-refractivity contribution is -0.174. The van der Waals surface area contributed by atoms with Crippen LogP contribution in [0.25, 0.3) is 0 Å². The average molecular weight is 272 g/mol. The van der Waals surface area contributed by atoms with Gasteiger partial charge in [0.15, 0.2) is 0 Å². The van der Waals surface area contributed by atoms with Gasteiger partial charge in [0.05, 0.1) is 0 Å². The zero-order valence-corrected chi connectivity index (χ0v) is 10.2. The molecule has 1 aromatic carbocycles. The van der Waals surface area contributed by atoms with E-state index < -0.39 is 18.1 Å². The lowest BCUT2D eigenvalue weighted by atomic mass is 9.87. The van der Waals surface area contributed by atoms with Gasteiger partial charge in [0.25, 0.3) is 0 Å². The summed E-state index contributed by atoms with van der Waals surface area (Å²) in [4.78, 5) is 11.1. The van der Waals surface area contributed by atoms with Crippen molar-refractivity contribution in [1.82, 2.24) is 10.6 Å². The van der Waals surface area contributed by atoms with Crippen LogP contribution in [0.15, 0.2) is 30.3 Å². The fourth-order valence-corrected chi connectivity index (χ4v) is 2.33. The highest BCUT2D eigenvalue weighted by Gasteiger charge is 2.41. The summed E-state index contributed by atoms with van der Waals surface area (Å²) in [6.45, 7) is 1.17. The van der Waals surface area contributed by atoms with Gasteiger partial charge in [-0.2, -0.15) is 13.2 Å². The minimum atomic E-state index is -4.83. The Hall–Kier alpha value is -1.56. The molecule has 2 N–H and O–H groups in total. The van der Waals surface area contributed by atoms with Crippen LogP contribution in [0.4, 0.5) is 13.2 Å². The van der Waals surface area contributed by atoms with Crippen LogP contribution >= 0.6 is 0 Å². The summed E-state index contributed by atoms with van der Waals surface area (Å²) in [6, 6.07) is 8.77. The maximum absolute atomic E-state index is 12.3. The summed E-state index contributed by atoms with van der Waals surface area (Å²) in [7, 11) is 0. The minimum absolute atomic E-state index is 0.138. The second-order valence-electron chi connectivity index (χ2n) is 4.59. The highest BCUT2D eigenvalue weighted by molar-refractivity contribution is 5.82. The summed E-state index contributed by atoms with van der Waals surface area (Å²) in [5.74, 6) is -2.00. The molecule has 0 unspecified atom stereocenters. The van der Waals surface area contributed by atoms with E-state index in [0.29, 0.717) is 19.5 Å². The smallest absolute Gasteiger partial charge is 0.345 e. The molecule has 0 bridgehead atoms. The zero-order valence-electron chi connectivity index (χ0n) is 10.2. The molecule has 6 heteroatoms. The minimum Gasteiger partial charge on any atom is -0.345 e. The third-order valence-electron chi connectivity index (χ3n) is 3.28. The van der Waals surface area contributed by atoms with Crippen molar-refractivity contribution < 1.29 is 18.0 Å². The molecule has 0 saturated carbocycles. The maximum atomic E-state index is 12.3. The molecule has 1 amide bonds. The molecule has 2 rings (SSSR count). The number of rotatable bonds is 2. The highest BCUT2D eigenvalue weighted by atomic mass is 19.4. The number of nitrogens with one attached hydrogen (secondary N) is 2. The number of piperidine rings is 1. The lowest BCUT2D eigenvalue weighted by Crippen LogP contribution is -2.51. The predicted octanol–water partition coefficient (Wildman–Crippen LogP) is 1.81. The van der Waals surface area contributed by atoms with Crippen LogP contribution in [-0.2, 0) is 4.79 Å². The molecule has 0 spiro atoms. The lowest BCUT2D eigenvalue weighted by Gasteiger charge is -2.33. The molecule has 2 atom stereocenters. The number of amides is 1. The van der Waals surface area contributed by atoms with Gasteiger partial charge in [-0.3, -0.25) is 4.79 Å². The predicted molar refractivity (Wildman–Crippen MR) is 64.7 cm³/mol. The van der Waals surface area contributed by atoms with Crippen LogP contribution in [0, 0.1) is 0 Å². The Bertz CT molecular complexity index is 433. The van der Waals surface area contributed by atoms with Crippen molar-refractivity contribution in [1.29, 1.82) is 0 Å². The zero-order chi connectivity index (χ0) is 13.9. The Labute approximate surface area is 109 Å². The first-order valence-corrected chi connectivity index (χ1v) is 6.12. The number of carbonyl (C=O) groups is 1. The molecule has 19 heavy (non-hydrogen) atoms. The van der Waals surface area contributed by atoms with Gasteiger partial charge in [-0.15, -0.1) is 0 Å². The van der Waals surface area contributed by atoms with Crippen molar-refractivity contribution in [2.24, 2.45) is 0 Å². The highest BCUT2D eigenvalue weighted by Crippen LogP contribution is 2.25. The van der Waals surface area contributed by atoms with E-state index in [-0.39, 0.29) is 5.92 Å². The molecule has 0 aromatic heterocycles. The van der Waals surface area contributed by atoms with E-state index >= 15 is 0 Å². The number of halogens is 3. The van der Waals surface area contributed by atoms with E-state index in [1.165, 1.54) is 0 Å². The number of benzene rings is 1. The molecule has 1 aliphatic rings. The van der Waals surface area contributed by atoms with Gasteiger partial charge in [0.2, 0.25) is 0 Å². The van der Waals surface area contributed by atoms with Gasteiger partial charge < -0.3 is 10.6 Å². The van der Waals surface area contributed by atoms with Crippen molar-refractivity contribution in [3.63, 3.8) is 0 Å². The van der Waals surface area contributed by atoms with Crippen LogP contribution in [-0.4, -0.2) is 31.2 Å². The van der Waals surface area contributed by atoms with Crippen LogP contribution in [0.3, 0.4) is 0 Å². The Balaban J connectivity index is 2.11. The van der Waals surface area contributed by atoms with Gasteiger partial charge in [0.1, 0.15) is 0 Å². The number of hydrogen-bond acceptors (Lipinski definition) is 2. The maximum Gasteiger partial charge on any atom is 0.471 e. The fourth-order valence-electron chi connectivity index (χ4n) is 2.33. The third kappa shape index (κ3) is 3.47. The van der Waals surface area contributed by atoms with Gasteiger partial charge in [-0.1, -0.05) is 30.3 Å². The number of carbonyl (C=O) groups excluding carboxylic acids is 1. The summed E-state index contributed by atoms with van der Waals surface area (Å²) in [5, 5.41) is 5.25. The van der Waals surface area contributed by atoms with E-state index in [1.54, 1.807) is 0 Å². The average Bonchev–Trinajstić information content (AvgIpc) is 2.39. The Morgan fingerprint density at radius 1 is 1.26 bits per heavy atom. The van der Waals surface area contributed by atoms with Gasteiger partial charge in [-0.25, -0.2) is 0 Å². The second kappa shape index (κ2) is 5.61. The first-order chi connectivity index (χ1) is 8.98. The molecule has 104 valence electrons. The second-order valence-corrected chi connectivity index (χ2v) is 4.59. The number of hydrogen-bond donors (Lipinski definition) is 2. The van der Waals surface area contributed by atoms with E-state index in [9.17, 15) is 18.0 Å². The van der Waals surface area contributed by atoms with Crippen molar-refractivity contribution in [2.75, 3.05) is 13.1 Å². The molecule has 1 heterocycles. The Kier molecular flexibility index (Phi) is 4.09. The SMILES string of the molecule is O=C(N[C@@H]1CCNC[C@@H]1c1ccccc1)C(F)(F)F. The monoisotopic (exact) mass is 272 g/mol. The summed E-state index contributed by atoms with van der Waals surface area (Å²) in [6.07, 6.45) is -4.34. The summed E-state index contributed by atoms with van der Waals surface area (Å²) in [5.41, 5.74) is 0.933. The fraction of sp³-hybridized carbons (Fsp3) is 0.462. The molecule has 3 nitrogen and oxygen atoms in total. The van der Waals surface area contributed by atoms with Gasteiger partial charge in [-0.05, 0) is 18.5 Å². The normalized spacial score (nSPS) is 23.9. The quantitative estimate of drug-likeness (QED) is 0.862. The van der Waals surface area contributed by atoms with Crippen molar-refractivity contribution in [3.8, 4) is 0 Å². The Morgan fingerprint density at radius 2 is 1.95 bits per heavy atom. The molecular weight excluding hydrogens is 257 g/mol. The largest absolute Gasteiger partial charge is 0.471 e. The van der Waals surface area contributed by atoms with E-state index in [1.807, 2.05) is 30.3 Å². The van der Waals surface area contributed by atoms with Crippen LogP contribution < -0.4 is 10.6 Å². The summed E-state index contributed by atoms with van der Waals surface area (Å²) >= 11 is 0. The third-order valence-corrected chi connectivity index (χ3v) is 3.28. The molecule has 0 aliphatic carbocycles. The standard InChI is InChI=1S/C13H15F3N2O/c14-13(15,16)12(19)18-11-6-7-17-8-10(11)9-4-2-1-3-5-9/h1-5,10-11,17H,6-8H2,(H,18,19)/t10-,11-/m1/s1. The topological polar surface area (TPSA) is 41.1 Å². The van der Waals surface area contributed by atoms with Gasteiger partial charge >= 0.3 is 12.1 Å². The summed E-state index contributed by atoms with van der Waals surface area (Å²) < 4.78 is 36.9. The van der Waals surface area contributed by atoms with E-state index in [4.69, 9.17) is 0 Å². The van der Waals surface area contributed by atoms with Crippen molar-refractivity contribution >= 4 is 5.91 Å². The number of alkyl halides is 3. The van der Waals surface area contributed by atoms with Crippen molar-refractivity contribution in [2.45, 2.75) is 24.6 Å².